The molecule has 1 aliphatic carbocycles. The summed E-state index contributed by atoms with van der Waals surface area (Å²) in [6.07, 6.45) is 7.58. The highest BCUT2D eigenvalue weighted by molar-refractivity contribution is 5.69. The Labute approximate surface area is 163 Å². The van der Waals surface area contributed by atoms with Gasteiger partial charge >= 0.3 is 5.97 Å². The molecule has 0 spiro atoms. The Hall–Kier alpha value is -2.21. The molecule has 4 nitrogen and oxygen atoms in total. The van der Waals surface area contributed by atoms with Crippen LogP contribution in [-0.4, -0.2) is 35.8 Å². The fraction of sp³-hybridized carbons (Fsp3) is 0.500. The van der Waals surface area contributed by atoms with E-state index in [-0.39, 0.29) is 18.3 Å². The third kappa shape index (κ3) is 5.64. The first-order valence-corrected chi connectivity index (χ1v) is 9.72. The minimum Gasteiger partial charge on any atom is -0.487 e. The smallest absolute Gasteiger partial charge is 0.306 e. The van der Waals surface area contributed by atoms with Crippen molar-refractivity contribution < 1.29 is 28.2 Å². The first-order valence-electron chi connectivity index (χ1n) is 9.72. The summed E-state index contributed by atoms with van der Waals surface area (Å²) in [5.41, 5.74) is 0. The lowest BCUT2D eigenvalue weighted by Gasteiger charge is -2.23. The summed E-state index contributed by atoms with van der Waals surface area (Å²) in [6, 6.07) is 8.44. The minimum absolute atomic E-state index is 0.213. The number of carbonyl (C=O) groups excluding carboxylic acids is 1. The summed E-state index contributed by atoms with van der Waals surface area (Å²) in [6.45, 7) is -0.778. The van der Waals surface area contributed by atoms with Crippen molar-refractivity contribution in [1.82, 2.24) is 0 Å². The molecule has 1 N–H and O–H groups in total. The van der Waals surface area contributed by atoms with E-state index in [1.165, 1.54) is 6.08 Å². The van der Waals surface area contributed by atoms with Gasteiger partial charge in [-0.3, -0.25) is 4.79 Å². The van der Waals surface area contributed by atoms with Crippen molar-refractivity contribution in [2.75, 3.05) is 6.61 Å². The number of fused-ring (bicyclic) bond motifs is 1. The van der Waals surface area contributed by atoms with Crippen LogP contribution in [0.5, 0.6) is 5.75 Å². The van der Waals surface area contributed by atoms with Crippen LogP contribution in [-0.2, 0) is 9.53 Å². The molecule has 0 aromatic heterocycles. The van der Waals surface area contributed by atoms with Crippen LogP contribution >= 0.6 is 0 Å². The van der Waals surface area contributed by atoms with E-state index < -0.39 is 30.7 Å². The highest BCUT2D eigenvalue weighted by Crippen LogP contribution is 2.39. The molecular formula is C22H26F2O4. The quantitative estimate of drug-likeness (QED) is 0.600. The zero-order chi connectivity index (χ0) is 20.0. The van der Waals surface area contributed by atoms with Crippen LogP contribution in [0.25, 0.3) is 0 Å². The lowest BCUT2D eigenvalue weighted by molar-refractivity contribution is -0.151. The van der Waals surface area contributed by atoms with Gasteiger partial charge in [0.15, 0.2) is 6.61 Å². The second kappa shape index (κ2) is 9.32. The average molecular weight is 392 g/mol. The summed E-state index contributed by atoms with van der Waals surface area (Å²) < 4.78 is 39.2. The van der Waals surface area contributed by atoms with E-state index in [1.54, 1.807) is 30.3 Å². The molecule has 28 heavy (non-hydrogen) atoms. The molecule has 1 fully saturated rings. The Morgan fingerprint density at radius 1 is 1.25 bits per heavy atom. The van der Waals surface area contributed by atoms with Crippen molar-refractivity contribution in [2.24, 2.45) is 11.8 Å². The Morgan fingerprint density at radius 2 is 2.04 bits per heavy atom. The molecule has 0 saturated heterocycles. The van der Waals surface area contributed by atoms with Gasteiger partial charge in [-0.15, -0.1) is 0 Å². The molecule has 1 aromatic carbocycles. The van der Waals surface area contributed by atoms with E-state index >= 15 is 0 Å². The summed E-state index contributed by atoms with van der Waals surface area (Å²) in [5.74, 6) is -3.79. The van der Waals surface area contributed by atoms with Crippen molar-refractivity contribution >= 4 is 5.97 Å². The van der Waals surface area contributed by atoms with Crippen LogP contribution in [0.4, 0.5) is 8.78 Å². The lowest BCUT2D eigenvalue weighted by atomic mass is 9.89. The van der Waals surface area contributed by atoms with E-state index in [9.17, 15) is 18.7 Å². The molecule has 2 aliphatic rings. The minimum atomic E-state index is -3.17. The molecule has 1 aliphatic heterocycles. The molecule has 6 heteroatoms. The fourth-order valence-corrected chi connectivity index (χ4v) is 3.78. The number of aliphatic hydroxyl groups is 1. The second-order valence-electron chi connectivity index (χ2n) is 7.39. The van der Waals surface area contributed by atoms with Crippen LogP contribution in [0.15, 0.2) is 54.6 Å². The van der Waals surface area contributed by atoms with Gasteiger partial charge < -0.3 is 14.6 Å². The van der Waals surface area contributed by atoms with Gasteiger partial charge in [0, 0.05) is 24.7 Å². The van der Waals surface area contributed by atoms with Crippen molar-refractivity contribution in [3.8, 4) is 5.75 Å². The molecule has 3 rings (SSSR count). The zero-order valence-corrected chi connectivity index (χ0v) is 15.7. The Bertz CT molecular complexity index is 702. The van der Waals surface area contributed by atoms with E-state index in [2.05, 4.69) is 0 Å². The number of alkyl halides is 2. The molecule has 0 unspecified atom stereocenters. The molecule has 0 bridgehead atoms. The number of hydrogen-bond donors (Lipinski definition) is 1. The van der Waals surface area contributed by atoms with Crippen molar-refractivity contribution in [2.45, 2.75) is 50.2 Å². The molecule has 1 saturated carbocycles. The number of ether oxygens (including phenoxy) is 2. The van der Waals surface area contributed by atoms with Gasteiger partial charge in [0.25, 0.3) is 5.92 Å². The number of para-hydroxylation sites is 1. The Balaban J connectivity index is 1.66. The number of allylic oxidation sites excluding steroid dienone is 2. The predicted octanol–water partition coefficient (Wildman–Crippen LogP) is 4.30. The first-order chi connectivity index (χ1) is 13.4. The standard InChI is InChI=1S/C22H26F2O4/c23-22(24,15-27-16-8-4-3-5-9-16)13-12-17-18-10-6-1-2-7-11-21(26)28-20(18)14-19(17)25/h1,3-6,8-9,12-13,17-20,25H,2,7,10-11,14-15H2/t17-,18-,19-,20+/m1/s1. The van der Waals surface area contributed by atoms with Gasteiger partial charge in [-0.05, 0) is 37.5 Å². The lowest BCUT2D eigenvalue weighted by Crippen LogP contribution is -2.27. The molecule has 1 heterocycles. The maximum Gasteiger partial charge on any atom is 0.306 e. The van der Waals surface area contributed by atoms with Gasteiger partial charge in [-0.1, -0.05) is 36.4 Å². The molecule has 0 radical (unpaired) electrons. The third-order valence-corrected chi connectivity index (χ3v) is 5.24. The zero-order valence-electron chi connectivity index (χ0n) is 15.7. The van der Waals surface area contributed by atoms with Crippen LogP contribution in [0, 0.1) is 11.8 Å². The largest absolute Gasteiger partial charge is 0.487 e. The average Bonchev–Trinajstić information content (AvgIpc) is 2.96. The molecule has 1 aromatic rings. The van der Waals surface area contributed by atoms with E-state index in [4.69, 9.17) is 9.47 Å². The van der Waals surface area contributed by atoms with Gasteiger partial charge in [0.05, 0.1) is 6.10 Å². The van der Waals surface area contributed by atoms with Gasteiger partial charge in [0.2, 0.25) is 0 Å². The predicted molar refractivity (Wildman–Crippen MR) is 101 cm³/mol. The van der Waals surface area contributed by atoms with Crippen LogP contribution in [0.2, 0.25) is 0 Å². The van der Waals surface area contributed by atoms with Crippen molar-refractivity contribution in [1.29, 1.82) is 0 Å². The van der Waals surface area contributed by atoms with Crippen molar-refractivity contribution in [3.05, 3.63) is 54.6 Å². The number of benzene rings is 1. The monoisotopic (exact) mass is 392 g/mol. The Kier molecular flexibility index (Phi) is 6.83. The first kappa shape index (κ1) is 20.5. The third-order valence-electron chi connectivity index (χ3n) is 5.24. The van der Waals surface area contributed by atoms with Gasteiger partial charge in [0.1, 0.15) is 11.9 Å². The molecular weight excluding hydrogens is 366 g/mol. The van der Waals surface area contributed by atoms with E-state index in [0.717, 1.165) is 18.9 Å². The van der Waals surface area contributed by atoms with Gasteiger partial charge in [-0.2, -0.15) is 8.78 Å². The fourth-order valence-electron chi connectivity index (χ4n) is 3.78. The number of aliphatic hydroxyl groups excluding tert-OH is 1. The number of halogens is 2. The number of hydrogen-bond acceptors (Lipinski definition) is 4. The summed E-state index contributed by atoms with van der Waals surface area (Å²) >= 11 is 0. The van der Waals surface area contributed by atoms with E-state index in [0.29, 0.717) is 18.6 Å². The summed E-state index contributed by atoms with van der Waals surface area (Å²) in [4.78, 5) is 11.9. The highest BCUT2D eigenvalue weighted by Gasteiger charge is 2.43. The SMILES string of the molecule is O=C1CCCC=CC[C@@H]2[C@@H](C=CC(F)(F)COc3ccccc3)[C@H](O)C[C@@H]2O1. The Morgan fingerprint density at radius 3 is 2.82 bits per heavy atom. The van der Waals surface area contributed by atoms with E-state index in [1.807, 2.05) is 12.2 Å². The number of rotatable bonds is 5. The highest BCUT2D eigenvalue weighted by atomic mass is 19.3. The molecule has 0 amide bonds. The van der Waals surface area contributed by atoms with Gasteiger partial charge in [-0.25, -0.2) is 0 Å². The second-order valence-corrected chi connectivity index (χ2v) is 7.39. The summed E-state index contributed by atoms with van der Waals surface area (Å²) in [7, 11) is 0. The van der Waals surface area contributed by atoms with Crippen LogP contribution in [0.1, 0.15) is 32.1 Å². The number of esters is 1. The maximum atomic E-state index is 14.2. The van der Waals surface area contributed by atoms with Crippen LogP contribution in [0.3, 0.4) is 0 Å². The topological polar surface area (TPSA) is 55.8 Å². The molecule has 152 valence electrons. The van der Waals surface area contributed by atoms with Crippen molar-refractivity contribution in [3.63, 3.8) is 0 Å². The summed E-state index contributed by atoms with van der Waals surface area (Å²) in [5, 5.41) is 10.4. The van der Waals surface area contributed by atoms with Crippen LogP contribution < -0.4 is 4.74 Å². The molecule has 4 atom stereocenters. The normalized spacial score (nSPS) is 28.8. The maximum absolute atomic E-state index is 14.2. The number of carbonyl (C=O) groups is 1.